The molecule has 7 heteroatoms. The Morgan fingerprint density at radius 2 is 1.45 bits per heavy atom. The van der Waals surface area contributed by atoms with Crippen molar-refractivity contribution in [3.63, 3.8) is 0 Å². The van der Waals surface area contributed by atoms with Crippen molar-refractivity contribution >= 4 is 5.69 Å². The normalized spacial score (nSPS) is 11.4. The van der Waals surface area contributed by atoms with Gasteiger partial charge in [0.2, 0.25) is 0 Å². The first-order chi connectivity index (χ1) is 9.26. The molecule has 0 saturated heterocycles. The largest absolute Gasteiger partial charge is 0.573 e. The maximum Gasteiger partial charge on any atom is 0.573 e. The minimum atomic E-state index is -4.79. The molecule has 0 aliphatic rings. The zero-order chi connectivity index (χ0) is 14.9. The second-order valence-electron chi connectivity index (χ2n) is 3.93. The van der Waals surface area contributed by atoms with Gasteiger partial charge in [-0.25, -0.2) is 8.78 Å². The molecule has 0 saturated carbocycles. The Kier molecular flexibility index (Phi) is 3.52. The number of nitrogen functional groups attached to an aromatic ring is 1. The second-order valence-corrected chi connectivity index (χ2v) is 3.93. The summed E-state index contributed by atoms with van der Waals surface area (Å²) in [6, 6.07) is 6.34. The Labute approximate surface area is 110 Å². The van der Waals surface area contributed by atoms with Crippen molar-refractivity contribution in [2.24, 2.45) is 0 Å². The molecule has 0 fully saturated rings. The predicted octanol–water partition coefficient (Wildman–Crippen LogP) is 4.11. The van der Waals surface area contributed by atoms with Gasteiger partial charge in [-0.1, -0.05) is 12.1 Å². The summed E-state index contributed by atoms with van der Waals surface area (Å²) < 4.78 is 65.7. The number of anilines is 1. The molecule has 20 heavy (non-hydrogen) atoms. The highest BCUT2D eigenvalue weighted by molar-refractivity contribution is 5.76. The van der Waals surface area contributed by atoms with Gasteiger partial charge >= 0.3 is 6.36 Å². The molecule has 0 radical (unpaired) electrons. The van der Waals surface area contributed by atoms with Crippen LogP contribution in [0.4, 0.5) is 27.6 Å². The molecule has 2 aromatic rings. The third kappa shape index (κ3) is 3.17. The van der Waals surface area contributed by atoms with Gasteiger partial charge in [0.1, 0.15) is 5.75 Å². The number of halogens is 5. The van der Waals surface area contributed by atoms with Crippen LogP contribution in [0.2, 0.25) is 0 Å². The topological polar surface area (TPSA) is 35.2 Å². The zero-order valence-electron chi connectivity index (χ0n) is 9.84. The average Bonchev–Trinajstić information content (AvgIpc) is 2.33. The second kappa shape index (κ2) is 4.99. The smallest absolute Gasteiger partial charge is 0.406 e. The molecular weight excluding hydrogens is 281 g/mol. The molecule has 0 spiro atoms. The van der Waals surface area contributed by atoms with Crippen LogP contribution in [0.5, 0.6) is 5.75 Å². The van der Waals surface area contributed by atoms with Crippen molar-refractivity contribution in [2.75, 3.05) is 5.73 Å². The lowest BCUT2D eigenvalue weighted by atomic mass is 10.0. The van der Waals surface area contributed by atoms with Gasteiger partial charge in [0, 0.05) is 17.3 Å². The van der Waals surface area contributed by atoms with E-state index in [9.17, 15) is 22.0 Å². The standard InChI is InChI=1S/C13H8F5NO/c14-10-5-9(12(19)6-11(10)15)7-1-3-8(4-2-7)20-13(16,17)18/h1-6H,19H2. The van der Waals surface area contributed by atoms with Crippen LogP contribution in [-0.2, 0) is 0 Å². The van der Waals surface area contributed by atoms with Gasteiger partial charge in [-0.05, 0) is 23.8 Å². The van der Waals surface area contributed by atoms with Gasteiger partial charge in [0.05, 0.1) is 0 Å². The van der Waals surface area contributed by atoms with Gasteiger partial charge < -0.3 is 10.5 Å². The SMILES string of the molecule is Nc1cc(F)c(F)cc1-c1ccc(OC(F)(F)F)cc1. The molecule has 0 aliphatic carbocycles. The molecule has 0 aliphatic heterocycles. The van der Waals surface area contributed by atoms with Gasteiger partial charge in [-0.3, -0.25) is 0 Å². The summed E-state index contributed by atoms with van der Waals surface area (Å²) in [5.74, 6) is -2.60. The summed E-state index contributed by atoms with van der Waals surface area (Å²) in [5, 5.41) is 0. The third-order valence-electron chi connectivity index (χ3n) is 2.49. The van der Waals surface area contributed by atoms with E-state index in [0.717, 1.165) is 24.3 Å². The third-order valence-corrected chi connectivity index (χ3v) is 2.49. The number of alkyl halides is 3. The Hall–Kier alpha value is -2.31. The molecule has 0 bridgehead atoms. The maximum atomic E-state index is 13.1. The monoisotopic (exact) mass is 289 g/mol. The minimum absolute atomic E-state index is 0.0200. The van der Waals surface area contributed by atoms with E-state index >= 15 is 0 Å². The van der Waals surface area contributed by atoms with Crippen LogP contribution in [0.25, 0.3) is 11.1 Å². The highest BCUT2D eigenvalue weighted by Crippen LogP contribution is 2.30. The fraction of sp³-hybridized carbons (Fsp3) is 0.0769. The summed E-state index contributed by atoms with van der Waals surface area (Å²) in [4.78, 5) is 0. The highest BCUT2D eigenvalue weighted by Gasteiger charge is 2.30. The van der Waals surface area contributed by atoms with Crippen LogP contribution in [0, 0.1) is 11.6 Å². The van der Waals surface area contributed by atoms with Gasteiger partial charge in [-0.15, -0.1) is 13.2 Å². The Balaban J connectivity index is 2.33. The van der Waals surface area contributed by atoms with Crippen molar-refractivity contribution in [3.8, 4) is 16.9 Å². The van der Waals surface area contributed by atoms with Crippen LogP contribution in [0.15, 0.2) is 36.4 Å². The minimum Gasteiger partial charge on any atom is -0.406 e. The Morgan fingerprint density at radius 3 is 2.00 bits per heavy atom. The molecule has 2 nitrogen and oxygen atoms in total. The number of nitrogens with two attached hydrogens (primary N) is 1. The van der Waals surface area contributed by atoms with E-state index in [2.05, 4.69) is 4.74 Å². The molecule has 0 atom stereocenters. The zero-order valence-corrected chi connectivity index (χ0v) is 9.84. The van der Waals surface area contributed by atoms with Crippen LogP contribution in [0.1, 0.15) is 0 Å². The highest BCUT2D eigenvalue weighted by atomic mass is 19.4. The fourth-order valence-electron chi connectivity index (χ4n) is 1.65. The number of ether oxygens (including phenoxy) is 1. The molecular formula is C13H8F5NO. The molecule has 2 aromatic carbocycles. The van der Waals surface area contributed by atoms with Crippen LogP contribution in [-0.4, -0.2) is 6.36 Å². The molecule has 0 unspecified atom stereocenters. The van der Waals surface area contributed by atoms with E-state index in [4.69, 9.17) is 5.73 Å². The summed E-state index contributed by atoms with van der Waals surface area (Å²) in [6.45, 7) is 0. The molecule has 0 amide bonds. The predicted molar refractivity (Wildman–Crippen MR) is 62.9 cm³/mol. The summed E-state index contributed by atoms with van der Waals surface area (Å²) in [6.07, 6.45) is -4.79. The number of benzene rings is 2. The van der Waals surface area contributed by atoms with E-state index in [1.165, 1.54) is 12.1 Å². The fourth-order valence-corrected chi connectivity index (χ4v) is 1.65. The van der Waals surface area contributed by atoms with Crippen molar-refractivity contribution < 1.29 is 26.7 Å². The molecule has 106 valence electrons. The summed E-state index contributed by atoms with van der Waals surface area (Å²) in [5.41, 5.74) is 6.05. The van der Waals surface area contributed by atoms with Crippen molar-refractivity contribution in [1.29, 1.82) is 0 Å². The first kappa shape index (κ1) is 14.1. The number of rotatable bonds is 2. The first-order valence-electron chi connectivity index (χ1n) is 5.37. The number of hydrogen-bond donors (Lipinski definition) is 1. The van der Waals surface area contributed by atoms with Crippen LogP contribution in [0.3, 0.4) is 0 Å². The molecule has 0 aromatic heterocycles. The van der Waals surface area contributed by atoms with Crippen molar-refractivity contribution in [1.82, 2.24) is 0 Å². The average molecular weight is 289 g/mol. The Bertz CT molecular complexity index is 622. The summed E-state index contributed by atoms with van der Waals surface area (Å²) in [7, 11) is 0. The lowest BCUT2D eigenvalue weighted by molar-refractivity contribution is -0.274. The summed E-state index contributed by atoms with van der Waals surface area (Å²) >= 11 is 0. The lowest BCUT2D eigenvalue weighted by Gasteiger charge is -2.10. The molecule has 0 heterocycles. The van der Waals surface area contributed by atoms with Crippen LogP contribution >= 0.6 is 0 Å². The van der Waals surface area contributed by atoms with Gasteiger partial charge in [-0.2, -0.15) is 0 Å². The lowest BCUT2D eigenvalue weighted by Crippen LogP contribution is -2.16. The van der Waals surface area contributed by atoms with E-state index < -0.39 is 23.7 Å². The van der Waals surface area contributed by atoms with Crippen LogP contribution < -0.4 is 10.5 Å². The number of hydrogen-bond acceptors (Lipinski definition) is 2. The van der Waals surface area contributed by atoms with Gasteiger partial charge in [0.25, 0.3) is 0 Å². The Morgan fingerprint density at radius 1 is 0.900 bits per heavy atom. The van der Waals surface area contributed by atoms with Gasteiger partial charge in [0.15, 0.2) is 11.6 Å². The molecule has 2 N–H and O–H groups in total. The quantitative estimate of drug-likeness (QED) is 0.667. The molecule has 2 rings (SSSR count). The maximum absolute atomic E-state index is 13.1. The van der Waals surface area contributed by atoms with E-state index in [-0.39, 0.29) is 11.3 Å². The van der Waals surface area contributed by atoms with E-state index in [1.807, 2.05) is 0 Å². The first-order valence-corrected chi connectivity index (χ1v) is 5.37. The van der Waals surface area contributed by atoms with E-state index in [1.54, 1.807) is 0 Å². The van der Waals surface area contributed by atoms with E-state index in [0.29, 0.717) is 5.56 Å². The van der Waals surface area contributed by atoms with Crippen molar-refractivity contribution in [2.45, 2.75) is 6.36 Å². The van der Waals surface area contributed by atoms with Crippen molar-refractivity contribution in [3.05, 3.63) is 48.0 Å².